The fraction of sp³-hybridized carbons (Fsp3) is 0.345. The highest BCUT2D eigenvalue weighted by molar-refractivity contribution is 6.15. The van der Waals surface area contributed by atoms with Crippen molar-refractivity contribution in [2.24, 2.45) is 4.99 Å². The summed E-state index contributed by atoms with van der Waals surface area (Å²) in [6.45, 7) is 3.67. The Balaban J connectivity index is 1.89. The largest absolute Gasteiger partial charge is 0.493 e. The molecule has 1 heterocycles. The van der Waals surface area contributed by atoms with Gasteiger partial charge in [-0.15, -0.1) is 0 Å². The van der Waals surface area contributed by atoms with Crippen molar-refractivity contribution >= 4 is 5.71 Å². The number of ether oxygens (including phenoxy) is 6. The Bertz CT molecular complexity index is 1180. The molecule has 190 valence electrons. The molecule has 7 heteroatoms. The van der Waals surface area contributed by atoms with Crippen LogP contribution in [0.2, 0.25) is 0 Å². The van der Waals surface area contributed by atoms with E-state index >= 15 is 0 Å². The number of methoxy groups -OCH3 is 4. The van der Waals surface area contributed by atoms with Crippen LogP contribution in [-0.4, -0.2) is 46.7 Å². The first kappa shape index (κ1) is 25.5. The SMILES string of the molecule is COc1cc2c(cc1OC)C(c1cc(OC(C)OC)cc(OC(C)OC)c1)=NC(c1ccccc1)C2. The first-order chi connectivity index (χ1) is 17.4. The van der Waals surface area contributed by atoms with E-state index in [1.54, 1.807) is 28.4 Å². The van der Waals surface area contributed by atoms with Crippen molar-refractivity contribution in [3.05, 3.63) is 82.9 Å². The van der Waals surface area contributed by atoms with E-state index in [1.165, 1.54) is 0 Å². The molecule has 0 saturated heterocycles. The smallest absolute Gasteiger partial charge is 0.196 e. The predicted molar refractivity (Wildman–Crippen MR) is 139 cm³/mol. The minimum atomic E-state index is -0.435. The molecule has 7 nitrogen and oxygen atoms in total. The van der Waals surface area contributed by atoms with Crippen LogP contribution in [0.5, 0.6) is 23.0 Å². The first-order valence-electron chi connectivity index (χ1n) is 11.9. The Morgan fingerprint density at radius 2 is 1.33 bits per heavy atom. The molecule has 0 bridgehead atoms. The highest BCUT2D eigenvalue weighted by Crippen LogP contribution is 2.39. The minimum absolute atomic E-state index is 0.0588. The first-order valence-corrected chi connectivity index (χ1v) is 11.9. The lowest BCUT2D eigenvalue weighted by molar-refractivity contribution is -0.0425. The molecule has 4 rings (SSSR count). The summed E-state index contributed by atoms with van der Waals surface area (Å²) in [7, 11) is 6.49. The number of benzene rings is 3. The summed E-state index contributed by atoms with van der Waals surface area (Å²) in [4.78, 5) is 5.22. The zero-order valence-electron chi connectivity index (χ0n) is 21.6. The minimum Gasteiger partial charge on any atom is -0.493 e. The van der Waals surface area contributed by atoms with Crippen molar-refractivity contribution in [1.29, 1.82) is 0 Å². The Kier molecular flexibility index (Phi) is 8.13. The van der Waals surface area contributed by atoms with Crippen LogP contribution in [0.15, 0.2) is 65.7 Å². The van der Waals surface area contributed by atoms with Gasteiger partial charge in [-0.3, -0.25) is 4.99 Å². The van der Waals surface area contributed by atoms with Crippen molar-refractivity contribution in [3.8, 4) is 23.0 Å². The van der Waals surface area contributed by atoms with Gasteiger partial charge in [0.15, 0.2) is 24.1 Å². The van der Waals surface area contributed by atoms with Crippen LogP contribution < -0.4 is 18.9 Å². The van der Waals surface area contributed by atoms with Crippen LogP contribution in [0.1, 0.15) is 42.1 Å². The molecule has 0 fully saturated rings. The van der Waals surface area contributed by atoms with E-state index in [-0.39, 0.29) is 6.04 Å². The Morgan fingerprint density at radius 1 is 0.750 bits per heavy atom. The van der Waals surface area contributed by atoms with Crippen LogP contribution in [0.4, 0.5) is 0 Å². The number of rotatable bonds is 10. The van der Waals surface area contributed by atoms with Crippen molar-refractivity contribution in [1.82, 2.24) is 0 Å². The van der Waals surface area contributed by atoms with Gasteiger partial charge in [-0.2, -0.15) is 0 Å². The summed E-state index contributed by atoms with van der Waals surface area (Å²) in [5.41, 5.74) is 4.90. The van der Waals surface area contributed by atoms with Crippen molar-refractivity contribution < 1.29 is 28.4 Å². The summed E-state index contributed by atoms with van der Waals surface area (Å²) < 4.78 is 33.8. The standard InChI is InChI=1S/C29H33NO6/c1-18(31-3)35-23-12-22(13-24(16-23)36-19(2)32-4)29-25-17-28(34-6)27(33-5)15-21(25)14-26(30-29)20-10-8-7-9-11-20/h7-13,15-19,26H,14H2,1-6H3. The third kappa shape index (κ3) is 5.64. The zero-order valence-corrected chi connectivity index (χ0v) is 21.6. The molecular weight excluding hydrogens is 458 g/mol. The molecule has 36 heavy (non-hydrogen) atoms. The van der Waals surface area contributed by atoms with Gasteiger partial charge in [0.1, 0.15) is 11.5 Å². The van der Waals surface area contributed by atoms with Gasteiger partial charge in [-0.05, 0) is 55.7 Å². The Hall–Kier alpha value is -3.55. The molecule has 0 spiro atoms. The topological polar surface area (TPSA) is 67.7 Å². The predicted octanol–water partition coefficient (Wildman–Crippen LogP) is 5.58. The lowest BCUT2D eigenvalue weighted by Crippen LogP contribution is -2.19. The molecule has 0 saturated carbocycles. The quantitative estimate of drug-likeness (QED) is 0.345. The summed E-state index contributed by atoms with van der Waals surface area (Å²) in [6.07, 6.45) is -0.130. The van der Waals surface area contributed by atoms with E-state index in [4.69, 9.17) is 33.4 Å². The zero-order chi connectivity index (χ0) is 25.7. The molecule has 3 unspecified atom stereocenters. The van der Waals surface area contributed by atoms with E-state index in [2.05, 4.69) is 12.1 Å². The van der Waals surface area contributed by atoms with Crippen LogP contribution in [0, 0.1) is 0 Å². The summed E-state index contributed by atoms with van der Waals surface area (Å²) in [6, 6.07) is 20.0. The van der Waals surface area contributed by atoms with Crippen LogP contribution in [0.25, 0.3) is 0 Å². The molecule has 0 aliphatic carbocycles. The monoisotopic (exact) mass is 491 g/mol. The third-order valence-electron chi connectivity index (χ3n) is 6.17. The number of hydrogen-bond acceptors (Lipinski definition) is 7. The maximum atomic E-state index is 5.99. The normalized spacial score (nSPS) is 16.4. The fourth-order valence-corrected chi connectivity index (χ4v) is 4.21. The van der Waals surface area contributed by atoms with Gasteiger partial charge in [-0.25, -0.2) is 0 Å². The van der Waals surface area contributed by atoms with E-state index < -0.39 is 12.6 Å². The van der Waals surface area contributed by atoms with Crippen molar-refractivity contribution in [2.75, 3.05) is 28.4 Å². The van der Waals surface area contributed by atoms with Crippen LogP contribution >= 0.6 is 0 Å². The number of fused-ring (bicyclic) bond motifs is 1. The van der Waals surface area contributed by atoms with Gasteiger partial charge in [0, 0.05) is 31.4 Å². The lowest BCUT2D eigenvalue weighted by Gasteiger charge is -2.26. The van der Waals surface area contributed by atoms with Crippen molar-refractivity contribution in [3.63, 3.8) is 0 Å². The molecule has 3 aromatic rings. The van der Waals surface area contributed by atoms with E-state index in [9.17, 15) is 0 Å². The molecule has 1 aliphatic heterocycles. The number of nitrogens with zero attached hydrogens (tertiary/aromatic N) is 1. The van der Waals surface area contributed by atoms with Gasteiger partial charge >= 0.3 is 0 Å². The molecular formula is C29H33NO6. The fourth-order valence-electron chi connectivity index (χ4n) is 4.21. The maximum Gasteiger partial charge on any atom is 0.196 e. The van der Waals surface area contributed by atoms with Crippen LogP contribution in [-0.2, 0) is 15.9 Å². The highest BCUT2D eigenvalue weighted by Gasteiger charge is 2.26. The van der Waals surface area contributed by atoms with Gasteiger partial charge in [0.05, 0.1) is 26.0 Å². The third-order valence-corrected chi connectivity index (χ3v) is 6.17. The average Bonchev–Trinajstić information content (AvgIpc) is 2.91. The summed E-state index contributed by atoms with van der Waals surface area (Å²) in [5.74, 6) is 2.54. The van der Waals surface area contributed by atoms with E-state index in [1.807, 2.05) is 62.4 Å². The lowest BCUT2D eigenvalue weighted by atomic mass is 9.87. The Morgan fingerprint density at radius 3 is 1.89 bits per heavy atom. The second kappa shape index (κ2) is 11.5. The average molecular weight is 492 g/mol. The molecule has 3 aromatic carbocycles. The van der Waals surface area contributed by atoms with Gasteiger partial charge < -0.3 is 28.4 Å². The molecule has 3 atom stereocenters. The van der Waals surface area contributed by atoms with Crippen LogP contribution in [0.3, 0.4) is 0 Å². The van der Waals surface area contributed by atoms with Gasteiger partial charge in [0.2, 0.25) is 0 Å². The molecule has 0 radical (unpaired) electrons. The van der Waals surface area contributed by atoms with Gasteiger partial charge in [-0.1, -0.05) is 30.3 Å². The molecule has 1 aliphatic rings. The van der Waals surface area contributed by atoms with E-state index in [0.29, 0.717) is 23.0 Å². The molecule has 0 N–H and O–H groups in total. The second-order valence-corrected chi connectivity index (χ2v) is 8.51. The second-order valence-electron chi connectivity index (χ2n) is 8.51. The van der Waals surface area contributed by atoms with Crippen molar-refractivity contribution in [2.45, 2.75) is 38.9 Å². The summed E-state index contributed by atoms with van der Waals surface area (Å²) in [5, 5.41) is 0. The molecule has 0 amide bonds. The maximum absolute atomic E-state index is 5.99. The molecule has 0 aromatic heterocycles. The Labute approximate surface area is 212 Å². The number of aliphatic imine (C=N–C) groups is 1. The van der Waals surface area contributed by atoms with Gasteiger partial charge in [0.25, 0.3) is 0 Å². The van der Waals surface area contributed by atoms with E-state index in [0.717, 1.165) is 34.4 Å². The summed E-state index contributed by atoms with van der Waals surface area (Å²) >= 11 is 0. The highest BCUT2D eigenvalue weighted by atomic mass is 16.7. The number of hydrogen-bond donors (Lipinski definition) is 0.